The first kappa shape index (κ1) is 18.0. The van der Waals surface area contributed by atoms with E-state index >= 15 is 0 Å². The number of piperidine rings is 1. The van der Waals surface area contributed by atoms with E-state index in [4.69, 9.17) is 4.74 Å². The zero-order valence-corrected chi connectivity index (χ0v) is 14.4. The van der Waals surface area contributed by atoms with Crippen LogP contribution in [0.25, 0.3) is 0 Å². The minimum absolute atomic E-state index is 0.00906. The molecule has 2 rings (SSSR count). The number of ether oxygens (including phenoxy) is 1. The van der Waals surface area contributed by atoms with Crippen LogP contribution in [0, 0.1) is 0 Å². The summed E-state index contributed by atoms with van der Waals surface area (Å²) in [6, 6.07) is 6.77. The van der Waals surface area contributed by atoms with Crippen molar-refractivity contribution in [2.75, 3.05) is 13.1 Å². The average molecular weight is 332 g/mol. The fourth-order valence-electron chi connectivity index (χ4n) is 2.67. The van der Waals surface area contributed by atoms with Gasteiger partial charge in [0, 0.05) is 24.7 Å². The molecule has 6 nitrogen and oxygen atoms in total. The number of benzene rings is 1. The second kappa shape index (κ2) is 7.47. The van der Waals surface area contributed by atoms with E-state index < -0.39 is 11.7 Å². The molecular weight excluding hydrogens is 308 g/mol. The Kier molecular flexibility index (Phi) is 5.59. The summed E-state index contributed by atoms with van der Waals surface area (Å²) in [4.78, 5) is 37.1. The predicted molar refractivity (Wildman–Crippen MR) is 90.1 cm³/mol. The molecular formula is C18H24N2O4. The van der Waals surface area contributed by atoms with Crippen LogP contribution in [-0.2, 0) is 4.74 Å². The van der Waals surface area contributed by atoms with Gasteiger partial charge in [-0.15, -0.1) is 0 Å². The Morgan fingerprint density at radius 1 is 1.21 bits per heavy atom. The quantitative estimate of drug-likeness (QED) is 0.863. The van der Waals surface area contributed by atoms with Gasteiger partial charge in [-0.2, -0.15) is 0 Å². The third-order valence-electron chi connectivity index (χ3n) is 3.82. The van der Waals surface area contributed by atoms with Gasteiger partial charge in [-0.3, -0.25) is 9.59 Å². The van der Waals surface area contributed by atoms with Crippen molar-refractivity contribution in [3.63, 3.8) is 0 Å². The molecule has 0 bridgehead atoms. The maximum absolute atomic E-state index is 12.6. The molecule has 0 aliphatic carbocycles. The number of alkyl carbamates (subject to hydrolysis) is 1. The average Bonchev–Trinajstić information content (AvgIpc) is 2.53. The molecule has 1 aliphatic rings. The fourth-order valence-corrected chi connectivity index (χ4v) is 2.67. The Bertz CT molecular complexity index is 614. The number of rotatable bonds is 3. The smallest absolute Gasteiger partial charge is 0.407 e. The van der Waals surface area contributed by atoms with Crippen LogP contribution in [0.15, 0.2) is 24.3 Å². The van der Waals surface area contributed by atoms with Crippen molar-refractivity contribution >= 4 is 18.3 Å². The summed E-state index contributed by atoms with van der Waals surface area (Å²) < 4.78 is 5.24. The molecule has 2 amide bonds. The number of carbonyl (C=O) groups excluding carboxylic acids is 3. The highest BCUT2D eigenvalue weighted by Gasteiger charge is 2.27. The van der Waals surface area contributed by atoms with Crippen molar-refractivity contribution in [1.82, 2.24) is 10.2 Å². The first-order chi connectivity index (χ1) is 11.3. The molecule has 1 aromatic rings. The first-order valence-electron chi connectivity index (χ1n) is 8.13. The Balaban J connectivity index is 1.89. The van der Waals surface area contributed by atoms with Crippen LogP contribution < -0.4 is 5.32 Å². The number of hydrogen-bond acceptors (Lipinski definition) is 4. The molecule has 6 heteroatoms. The number of aldehydes is 1. The van der Waals surface area contributed by atoms with E-state index in [0.717, 1.165) is 0 Å². The van der Waals surface area contributed by atoms with Gasteiger partial charge < -0.3 is 15.0 Å². The topological polar surface area (TPSA) is 75.7 Å². The molecule has 0 aromatic heterocycles. The maximum Gasteiger partial charge on any atom is 0.407 e. The van der Waals surface area contributed by atoms with Gasteiger partial charge in [0.2, 0.25) is 0 Å². The normalized spacial score (nSPS) is 15.7. The molecule has 1 saturated heterocycles. The second-order valence-corrected chi connectivity index (χ2v) is 6.92. The molecule has 1 N–H and O–H groups in total. The lowest BCUT2D eigenvalue weighted by Crippen LogP contribution is -2.47. The summed E-state index contributed by atoms with van der Waals surface area (Å²) in [5.41, 5.74) is 0.293. The third kappa shape index (κ3) is 4.81. The van der Waals surface area contributed by atoms with Crippen LogP contribution in [0.5, 0.6) is 0 Å². The van der Waals surface area contributed by atoms with Gasteiger partial charge >= 0.3 is 6.09 Å². The van der Waals surface area contributed by atoms with Crippen LogP contribution in [0.1, 0.15) is 54.3 Å². The van der Waals surface area contributed by atoms with E-state index in [1.807, 2.05) is 20.8 Å². The number of hydrogen-bond donors (Lipinski definition) is 1. The van der Waals surface area contributed by atoms with Gasteiger partial charge in [-0.25, -0.2) is 4.79 Å². The Morgan fingerprint density at radius 3 is 2.42 bits per heavy atom. The number of nitrogens with one attached hydrogen (secondary N) is 1. The lowest BCUT2D eigenvalue weighted by molar-refractivity contribution is 0.0473. The van der Waals surface area contributed by atoms with Gasteiger partial charge in [0.1, 0.15) is 5.60 Å². The van der Waals surface area contributed by atoms with Crippen molar-refractivity contribution in [3.05, 3.63) is 35.4 Å². The van der Waals surface area contributed by atoms with Crippen LogP contribution in [-0.4, -0.2) is 47.9 Å². The SMILES string of the molecule is CC(C)(C)OC(=O)NC1CCN(C(=O)c2ccccc2C=O)CC1. The zero-order valence-electron chi connectivity index (χ0n) is 14.4. The van der Waals surface area contributed by atoms with Gasteiger partial charge in [0.15, 0.2) is 6.29 Å². The lowest BCUT2D eigenvalue weighted by atomic mass is 10.0. The Morgan fingerprint density at radius 2 is 1.83 bits per heavy atom. The van der Waals surface area contributed by atoms with Crippen LogP contribution in [0.3, 0.4) is 0 Å². The van der Waals surface area contributed by atoms with Gasteiger partial charge in [-0.05, 0) is 39.7 Å². The van der Waals surface area contributed by atoms with Crippen molar-refractivity contribution in [3.8, 4) is 0 Å². The van der Waals surface area contributed by atoms with Crippen LogP contribution >= 0.6 is 0 Å². The largest absolute Gasteiger partial charge is 0.444 e. The predicted octanol–water partition coefficient (Wildman–Crippen LogP) is 2.63. The molecule has 1 aromatic carbocycles. The molecule has 1 heterocycles. The van der Waals surface area contributed by atoms with E-state index in [1.54, 1.807) is 29.2 Å². The van der Waals surface area contributed by atoms with E-state index in [-0.39, 0.29) is 11.9 Å². The summed E-state index contributed by atoms with van der Waals surface area (Å²) in [6.45, 7) is 6.52. The highest BCUT2D eigenvalue weighted by Crippen LogP contribution is 2.16. The van der Waals surface area contributed by atoms with Crippen LogP contribution in [0.2, 0.25) is 0 Å². The highest BCUT2D eigenvalue weighted by molar-refractivity contribution is 6.01. The first-order valence-corrected chi connectivity index (χ1v) is 8.13. The standard InChI is InChI=1S/C18H24N2O4/c1-18(2,3)24-17(23)19-14-8-10-20(11-9-14)16(22)15-7-5-4-6-13(15)12-21/h4-7,12,14H,8-11H2,1-3H3,(H,19,23). The molecule has 24 heavy (non-hydrogen) atoms. The molecule has 1 aliphatic heterocycles. The van der Waals surface area contributed by atoms with Crippen molar-refractivity contribution in [2.24, 2.45) is 0 Å². The molecule has 0 atom stereocenters. The maximum atomic E-state index is 12.6. The van der Waals surface area contributed by atoms with Crippen molar-refractivity contribution < 1.29 is 19.1 Å². The molecule has 0 spiro atoms. The summed E-state index contributed by atoms with van der Waals surface area (Å²) in [5, 5.41) is 2.84. The molecule has 0 radical (unpaired) electrons. The molecule has 130 valence electrons. The van der Waals surface area contributed by atoms with Gasteiger partial charge in [0.05, 0.1) is 5.56 Å². The number of likely N-dealkylation sites (tertiary alicyclic amines) is 1. The molecule has 1 fully saturated rings. The van der Waals surface area contributed by atoms with E-state index in [0.29, 0.717) is 43.3 Å². The Hall–Kier alpha value is -2.37. The molecule has 0 saturated carbocycles. The fraction of sp³-hybridized carbons (Fsp3) is 0.500. The third-order valence-corrected chi connectivity index (χ3v) is 3.82. The summed E-state index contributed by atoms with van der Waals surface area (Å²) in [6.07, 6.45) is 1.59. The highest BCUT2D eigenvalue weighted by atomic mass is 16.6. The second-order valence-electron chi connectivity index (χ2n) is 6.92. The van der Waals surface area contributed by atoms with E-state index in [2.05, 4.69) is 5.32 Å². The monoisotopic (exact) mass is 332 g/mol. The van der Waals surface area contributed by atoms with Crippen molar-refractivity contribution in [1.29, 1.82) is 0 Å². The van der Waals surface area contributed by atoms with Crippen LogP contribution in [0.4, 0.5) is 4.79 Å². The number of nitrogens with zero attached hydrogens (tertiary/aromatic N) is 1. The summed E-state index contributed by atoms with van der Waals surface area (Å²) >= 11 is 0. The Labute approximate surface area is 142 Å². The van der Waals surface area contributed by atoms with E-state index in [1.165, 1.54) is 0 Å². The summed E-state index contributed by atoms with van der Waals surface area (Å²) in [7, 11) is 0. The van der Waals surface area contributed by atoms with Gasteiger partial charge in [-0.1, -0.05) is 18.2 Å². The minimum Gasteiger partial charge on any atom is -0.444 e. The van der Waals surface area contributed by atoms with Gasteiger partial charge in [0.25, 0.3) is 5.91 Å². The van der Waals surface area contributed by atoms with E-state index in [9.17, 15) is 14.4 Å². The molecule has 0 unspecified atom stereocenters. The number of carbonyl (C=O) groups is 3. The number of amides is 2. The lowest BCUT2D eigenvalue weighted by Gasteiger charge is -2.33. The van der Waals surface area contributed by atoms with Crippen molar-refractivity contribution in [2.45, 2.75) is 45.3 Å². The zero-order chi connectivity index (χ0) is 17.7. The minimum atomic E-state index is -0.528. The summed E-state index contributed by atoms with van der Waals surface area (Å²) in [5.74, 6) is -0.145.